The number of rotatable bonds is 5. The zero-order valence-corrected chi connectivity index (χ0v) is 19.4. The first-order chi connectivity index (χ1) is 15.8. The summed E-state index contributed by atoms with van der Waals surface area (Å²) in [7, 11) is 0. The van der Waals surface area contributed by atoms with Gasteiger partial charge in [0.1, 0.15) is 12.1 Å². The summed E-state index contributed by atoms with van der Waals surface area (Å²) in [4.78, 5) is 17.8. The Hall–Kier alpha value is -2.45. The van der Waals surface area contributed by atoms with Crippen molar-refractivity contribution in [3.8, 4) is 0 Å². The number of aromatic nitrogens is 5. The molecule has 1 N–H and O–H groups in total. The van der Waals surface area contributed by atoms with Gasteiger partial charge in [0.2, 0.25) is 11.2 Å². The molecule has 10 heteroatoms. The molecular formula is C23H23Cl2FN6O. The fraction of sp³-hybridized carbons (Fsp3) is 0.478. The topological polar surface area (TPSA) is 77.6 Å². The van der Waals surface area contributed by atoms with Crippen molar-refractivity contribution in [2.45, 2.75) is 50.6 Å². The van der Waals surface area contributed by atoms with Crippen LogP contribution in [0.25, 0.3) is 0 Å². The summed E-state index contributed by atoms with van der Waals surface area (Å²) in [5.74, 6) is 0.678. The van der Waals surface area contributed by atoms with E-state index in [2.05, 4.69) is 20.5 Å². The molecule has 7 nitrogen and oxygen atoms in total. The number of amides is 1. The molecule has 1 aromatic carbocycles. The van der Waals surface area contributed by atoms with Gasteiger partial charge in [0.25, 0.3) is 0 Å². The van der Waals surface area contributed by atoms with E-state index in [1.165, 1.54) is 18.6 Å². The number of benzene rings is 1. The molecule has 4 bridgehead atoms. The van der Waals surface area contributed by atoms with E-state index in [-0.39, 0.29) is 22.5 Å². The quantitative estimate of drug-likeness (QED) is 0.553. The maximum absolute atomic E-state index is 13.6. The third kappa shape index (κ3) is 3.64. The van der Waals surface area contributed by atoms with Crippen molar-refractivity contribution in [3.05, 3.63) is 58.6 Å². The van der Waals surface area contributed by atoms with Crippen molar-refractivity contribution < 1.29 is 9.18 Å². The normalized spacial score (nSPS) is 30.0. The Morgan fingerprint density at radius 1 is 1.21 bits per heavy atom. The molecule has 4 saturated carbocycles. The molecule has 172 valence electrons. The molecule has 2 heterocycles. The first-order valence-electron chi connectivity index (χ1n) is 11.2. The van der Waals surface area contributed by atoms with Crippen molar-refractivity contribution in [2.24, 2.45) is 17.3 Å². The van der Waals surface area contributed by atoms with Crippen molar-refractivity contribution in [2.75, 3.05) is 5.32 Å². The van der Waals surface area contributed by atoms with Crippen molar-refractivity contribution >= 4 is 34.8 Å². The largest absolute Gasteiger partial charge is 0.323 e. The van der Waals surface area contributed by atoms with Crippen LogP contribution < -0.4 is 5.32 Å². The molecule has 3 aromatic rings. The predicted molar refractivity (Wildman–Crippen MR) is 121 cm³/mol. The van der Waals surface area contributed by atoms with Crippen LogP contribution in [0.1, 0.15) is 44.1 Å². The van der Waals surface area contributed by atoms with Gasteiger partial charge in [-0.2, -0.15) is 5.10 Å². The van der Waals surface area contributed by atoms with Crippen LogP contribution in [0.15, 0.2) is 36.9 Å². The fourth-order valence-corrected chi connectivity index (χ4v) is 7.17. The van der Waals surface area contributed by atoms with Crippen LogP contribution in [0, 0.1) is 23.1 Å². The molecule has 4 aliphatic carbocycles. The van der Waals surface area contributed by atoms with E-state index >= 15 is 0 Å². The maximum atomic E-state index is 13.6. The van der Waals surface area contributed by atoms with E-state index in [1.807, 2.05) is 4.68 Å². The Kier molecular flexibility index (Phi) is 4.82. The highest BCUT2D eigenvalue weighted by Gasteiger charge is 2.61. The second kappa shape index (κ2) is 7.53. The molecule has 0 saturated heterocycles. The molecule has 4 aliphatic rings. The monoisotopic (exact) mass is 488 g/mol. The zero-order valence-electron chi connectivity index (χ0n) is 17.8. The van der Waals surface area contributed by atoms with Crippen molar-refractivity contribution in [3.63, 3.8) is 0 Å². The number of nitrogens with zero attached hydrogens (tertiary/aromatic N) is 5. The number of carbonyl (C=O) groups is 1. The van der Waals surface area contributed by atoms with Crippen LogP contribution in [0.4, 0.5) is 10.1 Å². The molecule has 2 aromatic heterocycles. The molecule has 0 radical (unpaired) electrons. The Morgan fingerprint density at radius 3 is 2.70 bits per heavy atom. The molecule has 2 unspecified atom stereocenters. The first-order valence-corrected chi connectivity index (χ1v) is 11.9. The molecule has 4 fully saturated rings. The van der Waals surface area contributed by atoms with Gasteiger partial charge in [0, 0.05) is 11.2 Å². The van der Waals surface area contributed by atoms with Gasteiger partial charge in [-0.1, -0.05) is 17.7 Å². The van der Waals surface area contributed by atoms with E-state index in [1.54, 1.807) is 29.5 Å². The molecule has 1 amide bonds. The Balaban J connectivity index is 1.21. The van der Waals surface area contributed by atoms with Gasteiger partial charge >= 0.3 is 0 Å². The average molecular weight is 489 g/mol. The summed E-state index contributed by atoms with van der Waals surface area (Å²) in [6.07, 6.45) is 10.9. The van der Waals surface area contributed by atoms with E-state index in [0.717, 1.165) is 37.7 Å². The predicted octanol–water partition coefficient (Wildman–Crippen LogP) is 4.90. The Bertz CT molecular complexity index is 1230. The lowest BCUT2D eigenvalue weighted by Crippen LogP contribution is -2.60. The third-order valence-electron chi connectivity index (χ3n) is 7.70. The number of halogens is 3. The SMILES string of the molecule is O=C(Nc1cnn(Cc2ccc(F)cc2Cl)c1)C12CC3CC(C1)CC(n1cnc(Cl)n1)(C3)C2. The number of anilines is 1. The van der Waals surface area contributed by atoms with E-state index < -0.39 is 5.41 Å². The van der Waals surface area contributed by atoms with Crippen LogP contribution in [-0.4, -0.2) is 30.5 Å². The highest BCUT2D eigenvalue weighted by Crippen LogP contribution is 2.64. The lowest BCUT2D eigenvalue weighted by atomic mass is 9.46. The van der Waals surface area contributed by atoms with Crippen molar-refractivity contribution in [1.29, 1.82) is 0 Å². The highest BCUT2D eigenvalue weighted by atomic mass is 35.5. The van der Waals surface area contributed by atoms with Gasteiger partial charge in [-0.15, -0.1) is 5.10 Å². The zero-order chi connectivity index (χ0) is 22.8. The standard InChI is InChI=1S/C23H23Cl2FN6O/c24-19-4-17(26)2-1-16(19)10-31-11-18(9-28-31)29-20(33)22-5-14-3-15(6-22)8-23(7-14,12-22)32-13-27-21(25)30-32/h1-2,4,9,11,13-15H,3,5-8,10,12H2,(H,29,33). The van der Waals surface area contributed by atoms with E-state index in [9.17, 15) is 9.18 Å². The molecular weight excluding hydrogens is 466 g/mol. The minimum atomic E-state index is -0.426. The van der Waals surface area contributed by atoms with Gasteiger partial charge < -0.3 is 5.32 Å². The second-order valence-corrected chi connectivity index (χ2v) is 10.8. The summed E-state index contributed by atoms with van der Waals surface area (Å²) < 4.78 is 16.9. The summed E-state index contributed by atoms with van der Waals surface area (Å²) >= 11 is 12.2. The summed E-state index contributed by atoms with van der Waals surface area (Å²) in [5, 5.41) is 12.5. The lowest BCUT2D eigenvalue weighted by Gasteiger charge is -2.60. The molecule has 0 spiro atoms. The summed E-state index contributed by atoms with van der Waals surface area (Å²) in [6, 6.07) is 4.30. The third-order valence-corrected chi connectivity index (χ3v) is 8.23. The minimum absolute atomic E-state index is 0.0477. The van der Waals surface area contributed by atoms with Gasteiger partial charge in [-0.25, -0.2) is 14.1 Å². The van der Waals surface area contributed by atoms with Crippen LogP contribution in [0.3, 0.4) is 0 Å². The Labute approximate surface area is 200 Å². The van der Waals surface area contributed by atoms with Crippen LogP contribution in [-0.2, 0) is 16.9 Å². The van der Waals surface area contributed by atoms with Crippen LogP contribution >= 0.6 is 23.2 Å². The molecule has 33 heavy (non-hydrogen) atoms. The number of hydrogen-bond acceptors (Lipinski definition) is 4. The number of carbonyl (C=O) groups excluding carboxylic acids is 1. The Morgan fingerprint density at radius 2 is 2.00 bits per heavy atom. The number of nitrogens with one attached hydrogen (secondary N) is 1. The second-order valence-electron chi connectivity index (χ2n) is 10.0. The molecule has 0 aliphatic heterocycles. The smallest absolute Gasteiger partial charge is 0.242 e. The minimum Gasteiger partial charge on any atom is -0.323 e. The summed E-state index contributed by atoms with van der Waals surface area (Å²) in [6.45, 7) is 0.389. The van der Waals surface area contributed by atoms with Crippen LogP contribution in [0.2, 0.25) is 10.3 Å². The van der Waals surface area contributed by atoms with Gasteiger partial charge in [0.15, 0.2) is 0 Å². The maximum Gasteiger partial charge on any atom is 0.242 e. The molecule has 7 rings (SSSR count). The summed E-state index contributed by atoms with van der Waals surface area (Å²) in [5.41, 5.74) is 0.788. The first kappa shape index (κ1) is 21.1. The van der Waals surface area contributed by atoms with Gasteiger partial charge in [0.05, 0.1) is 29.4 Å². The fourth-order valence-electron chi connectivity index (χ4n) is 6.82. The molecule has 2 atom stereocenters. The van der Waals surface area contributed by atoms with E-state index in [4.69, 9.17) is 23.2 Å². The van der Waals surface area contributed by atoms with E-state index in [0.29, 0.717) is 29.1 Å². The lowest BCUT2D eigenvalue weighted by molar-refractivity contribution is -0.150. The van der Waals surface area contributed by atoms with Crippen LogP contribution in [0.5, 0.6) is 0 Å². The van der Waals surface area contributed by atoms with Gasteiger partial charge in [-0.3, -0.25) is 9.48 Å². The average Bonchev–Trinajstić information content (AvgIpc) is 3.38. The van der Waals surface area contributed by atoms with Gasteiger partial charge in [-0.05, 0) is 79.7 Å². The number of hydrogen-bond donors (Lipinski definition) is 1. The van der Waals surface area contributed by atoms with Crippen molar-refractivity contribution in [1.82, 2.24) is 24.5 Å². The highest BCUT2D eigenvalue weighted by molar-refractivity contribution is 6.31.